The van der Waals surface area contributed by atoms with Crippen molar-refractivity contribution in [2.24, 2.45) is 0 Å². The summed E-state index contributed by atoms with van der Waals surface area (Å²) in [6.45, 7) is 0. The molecule has 4 aromatic rings. The standard InChI is InChI=1S/C18H11FN4O2S/c19-12-5-3-4-11(8-12)14-10-26-18(21-14)22-16(24)13-9-20-15-6-1-2-7-23(15)17(13)25/h1-10H,(H,21,22,24). The number of amides is 1. The molecule has 0 radical (unpaired) electrons. The predicted molar refractivity (Wildman–Crippen MR) is 96.9 cm³/mol. The molecule has 0 unspecified atom stereocenters. The van der Waals surface area contributed by atoms with E-state index in [1.165, 1.54) is 34.1 Å². The Labute approximate surface area is 150 Å². The lowest BCUT2D eigenvalue weighted by Gasteiger charge is -2.03. The molecule has 0 spiro atoms. The van der Waals surface area contributed by atoms with Gasteiger partial charge in [-0.3, -0.25) is 19.3 Å². The molecule has 4 rings (SSSR count). The van der Waals surface area contributed by atoms with E-state index in [-0.39, 0.29) is 11.4 Å². The lowest BCUT2D eigenvalue weighted by atomic mass is 10.2. The molecule has 3 aromatic heterocycles. The van der Waals surface area contributed by atoms with Gasteiger partial charge in [-0.2, -0.15) is 0 Å². The Hall–Kier alpha value is -3.39. The fourth-order valence-corrected chi connectivity index (χ4v) is 3.17. The van der Waals surface area contributed by atoms with Gasteiger partial charge in [0.15, 0.2) is 5.13 Å². The zero-order valence-corrected chi connectivity index (χ0v) is 14.0. The molecule has 0 bridgehead atoms. The maximum atomic E-state index is 13.3. The molecule has 0 saturated carbocycles. The van der Waals surface area contributed by atoms with E-state index in [1.54, 1.807) is 41.9 Å². The number of hydrogen-bond acceptors (Lipinski definition) is 5. The zero-order chi connectivity index (χ0) is 18.1. The van der Waals surface area contributed by atoms with Gasteiger partial charge in [-0.15, -0.1) is 11.3 Å². The number of hydrogen-bond donors (Lipinski definition) is 1. The number of carbonyl (C=O) groups is 1. The Balaban J connectivity index is 1.61. The first-order chi connectivity index (χ1) is 12.6. The minimum atomic E-state index is -0.596. The molecule has 0 fully saturated rings. The van der Waals surface area contributed by atoms with Crippen molar-refractivity contribution in [2.75, 3.05) is 5.32 Å². The highest BCUT2D eigenvalue weighted by Gasteiger charge is 2.15. The molecule has 0 saturated heterocycles. The number of anilines is 1. The molecular weight excluding hydrogens is 355 g/mol. The number of fused-ring (bicyclic) bond motifs is 1. The fraction of sp³-hybridized carbons (Fsp3) is 0. The highest BCUT2D eigenvalue weighted by atomic mass is 32.1. The van der Waals surface area contributed by atoms with Crippen molar-refractivity contribution in [3.05, 3.63) is 82.0 Å². The number of benzene rings is 1. The van der Waals surface area contributed by atoms with Crippen molar-refractivity contribution >= 4 is 28.0 Å². The number of thiazole rings is 1. The molecular formula is C18H11FN4O2S. The van der Waals surface area contributed by atoms with Crippen LogP contribution >= 0.6 is 11.3 Å². The summed E-state index contributed by atoms with van der Waals surface area (Å²) in [6.07, 6.45) is 2.79. The van der Waals surface area contributed by atoms with Crippen molar-refractivity contribution in [3.63, 3.8) is 0 Å². The Kier molecular flexibility index (Phi) is 4.02. The van der Waals surface area contributed by atoms with Crippen molar-refractivity contribution in [2.45, 2.75) is 0 Å². The molecule has 1 amide bonds. The van der Waals surface area contributed by atoms with Crippen LogP contribution in [-0.4, -0.2) is 20.3 Å². The number of carbonyl (C=O) groups excluding carboxylic acids is 1. The Morgan fingerprint density at radius 1 is 1.19 bits per heavy atom. The number of nitrogens with one attached hydrogen (secondary N) is 1. The van der Waals surface area contributed by atoms with E-state index in [9.17, 15) is 14.0 Å². The molecule has 0 aliphatic carbocycles. The number of pyridine rings is 1. The van der Waals surface area contributed by atoms with Crippen LogP contribution in [0.2, 0.25) is 0 Å². The van der Waals surface area contributed by atoms with Gasteiger partial charge < -0.3 is 0 Å². The molecule has 128 valence electrons. The van der Waals surface area contributed by atoms with E-state index in [4.69, 9.17) is 0 Å². The summed E-state index contributed by atoms with van der Waals surface area (Å²) in [5, 5.41) is 4.61. The van der Waals surface area contributed by atoms with E-state index in [0.717, 1.165) is 0 Å². The summed E-state index contributed by atoms with van der Waals surface area (Å²) in [7, 11) is 0. The van der Waals surface area contributed by atoms with Crippen molar-refractivity contribution < 1.29 is 9.18 Å². The Bertz CT molecular complexity index is 1190. The second kappa shape index (κ2) is 6.49. The molecule has 6 nitrogen and oxygen atoms in total. The van der Waals surface area contributed by atoms with Crippen LogP contribution < -0.4 is 10.9 Å². The number of nitrogens with zero attached hydrogens (tertiary/aromatic N) is 3. The number of halogens is 1. The van der Waals surface area contributed by atoms with Gasteiger partial charge in [-0.1, -0.05) is 18.2 Å². The predicted octanol–water partition coefficient (Wildman–Crippen LogP) is 3.21. The summed E-state index contributed by atoms with van der Waals surface area (Å²) in [4.78, 5) is 33.2. The normalized spacial score (nSPS) is 10.8. The summed E-state index contributed by atoms with van der Waals surface area (Å²) in [5.41, 5.74) is 1.05. The van der Waals surface area contributed by atoms with Gasteiger partial charge in [0.25, 0.3) is 11.5 Å². The monoisotopic (exact) mass is 366 g/mol. The van der Waals surface area contributed by atoms with Gasteiger partial charge in [-0.25, -0.2) is 14.4 Å². The van der Waals surface area contributed by atoms with Gasteiger partial charge in [0, 0.05) is 23.3 Å². The summed E-state index contributed by atoms with van der Waals surface area (Å²) < 4.78 is 14.6. The van der Waals surface area contributed by atoms with Gasteiger partial charge in [0.1, 0.15) is 17.0 Å². The molecule has 26 heavy (non-hydrogen) atoms. The second-order valence-electron chi connectivity index (χ2n) is 5.41. The molecule has 0 atom stereocenters. The average Bonchev–Trinajstić information content (AvgIpc) is 3.10. The largest absolute Gasteiger partial charge is 0.298 e. The lowest BCUT2D eigenvalue weighted by molar-refractivity contribution is 0.102. The zero-order valence-electron chi connectivity index (χ0n) is 13.2. The van der Waals surface area contributed by atoms with Crippen LogP contribution in [0, 0.1) is 5.82 Å². The van der Waals surface area contributed by atoms with Crippen LogP contribution in [0.1, 0.15) is 10.4 Å². The molecule has 0 aliphatic heterocycles. The second-order valence-corrected chi connectivity index (χ2v) is 6.27. The van der Waals surface area contributed by atoms with Crippen LogP contribution in [0.5, 0.6) is 0 Å². The van der Waals surface area contributed by atoms with E-state index < -0.39 is 11.5 Å². The minimum absolute atomic E-state index is 0.0868. The Morgan fingerprint density at radius 3 is 2.92 bits per heavy atom. The van der Waals surface area contributed by atoms with Crippen LogP contribution in [0.3, 0.4) is 0 Å². The first kappa shape index (κ1) is 16.1. The molecule has 8 heteroatoms. The molecule has 1 aromatic carbocycles. The van der Waals surface area contributed by atoms with Gasteiger partial charge >= 0.3 is 0 Å². The van der Waals surface area contributed by atoms with Crippen LogP contribution in [0.4, 0.5) is 9.52 Å². The maximum Gasteiger partial charge on any atom is 0.270 e. The maximum absolute atomic E-state index is 13.3. The van der Waals surface area contributed by atoms with Gasteiger partial charge in [0.2, 0.25) is 0 Å². The van der Waals surface area contributed by atoms with Crippen molar-refractivity contribution in [1.29, 1.82) is 0 Å². The first-order valence-corrected chi connectivity index (χ1v) is 8.49. The van der Waals surface area contributed by atoms with Crippen LogP contribution in [0.15, 0.2) is 65.0 Å². The van der Waals surface area contributed by atoms with Gasteiger partial charge in [0.05, 0.1) is 5.69 Å². The number of rotatable bonds is 3. The molecule has 3 heterocycles. The molecule has 1 N–H and O–H groups in total. The van der Waals surface area contributed by atoms with Gasteiger partial charge in [-0.05, 0) is 24.3 Å². The SMILES string of the molecule is O=C(Nc1nc(-c2cccc(F)c2)cs1)c1cnc2ccccn2c1=O. The smallest absolute Gasteiger partial charge is 0.270 e. The topological polar surface area (TPSA) is 76.4 Å². The van der Waals surface area contributed by atoms with E-state index >= 15 is 0 Å². The minimum Gasteiger partial charge on any atom is -0.298 e. The third kappa shape index (κ3) is 2.98. The summed E-state index contributed by atoms with van der Waals surface area (Å²) in [6, 6.07) is 11.1. The lowest BCUT2D eigenvalue weighted by Crippen LogP contribution is -2.26. The third-order valence-corrected chi connectivity index (χ3v) is 4.46. The van der Waals surface area contributed by atoms with Crippen molar-refractivity contribution in [1.82, 2.24) is 14.4 Å². The Morgan fingerprint density at radius 2 is 2.08 bits per heavy atom. The average molecular weight is 366 g/mol. The van der Waals surface area contributed by atoms with Crippen LogP contribution in [0.25, 0.3) is 16.9 Å². The van der Waals surface area contributed by atoms with Crippen molar-refractivity contribution in [3.8, 4) is 11.3 Å². The first-order valence-electron chi connectivity index (χ1n) is 7.61. The summed E-state index contributed by atoms with van der Waals surface area (Å²) in [5.74, 6) is -0.961. The van der Waals surface area contributed by atoms with E-state index in [0.29, 0.717) is 22.0 Å². The third-order valence-electron chi connectivity index (χ3n) is 3.70. The highest BCUT2D eigenvalue weighted by molar-refractivity contribution is 7.14. The van der Waals surface area contributed by atoms with E-state index in [2.05, 4.69) is 15.3 Å². The fourth-order valence-electron chi connectivity index (χ4n) is 2.46. The van der Waals surface area contributed by atoms with Crippen LogP contribution in [-0.2, 0) is 0 Å². The summed E-state index contributed by atoms with van der Waals surface area (Å²) >= 11 is 1.19. The molecule has 0 aliphatic rings. The van der Waals surface area contributed by atoms with E-state index in [1.807, 2.05) is 0 Å². The quantitative estimate of drug-likeness (QED) is 0.604. The number of aromatic nitrogens is 3. The highest BCUT2D eigenvalue weighted by Crippen LogP contribution is 2.25.